The van der Waals surface area contributed by atoms with Crippen LogP contribution in [0, 0.1) is 5.41 Å². The van der Waals surface area contributed by atoms with Gasteiger partial charge in [0.15, 0.2) is 0 Å². The summed E-state index contributed by atoms with van der Waals surface area (Å²) in [6.45, 7) is 9.04. The first kappa shape index (κ1) is 16.1. The molecule has 0 saturated carbocycles. The summed E-state index contributed by atoms with van der Waals surface area (Å²) in [6.07, 6.45) is 0.719. The number of nitrogens with zero attached hydrogens (tertiary/aromatic N) is 1. The Hall–Kier alpha value is -0.930. The van der Waals surface area contributed by atoms with Crippen LogP contribution in [0.5, 0.6) is 0 Å². The molecule has 0 bridgehead atoms. The van der Waals surface area contributed by atoms with Gasteiger partial charge in [0.1, 0.15) is 0 Å². The molecule has 0 heterocycles. The Bertz CT molecular complexity index is 409. The lowest BCUT2D eigenvalue weighted by atomic mass is 9.85. The van der Waals surface area contributed by atoms with Crippen LogP contribution in [-0.2, 0) is 0 Å². The van der Waals surface area contributed by atoms with E-state index in [0.29, 0.717) is 11.0 Å². The molecule has 1 aromatic carbocycles. The van der Waals surface area contributed by atoms with Crippen molar-refractivity contribution in [1.82, 2.24) is 4.90 Å². The molecule has 0 aliphatic carbocycles. The number of rotatable bonds is 5. The number of hydrogen-bond donors (Lipinski definition) is 1. The van der Waals surface area contributed by atoms with Gasteiger partial charge in [-0.15, -0.1) is 0 Å². The minimum Gasteiger partial charge on any atom is -0.393 e. The van der Waals surface area contributed by atoms with Crippen molar-refractivity contribution in [2.24, 2.45) is 11.1 Å². The Morgan fingerprint density at radius 1 is 1.26 bits per heavy atom. The normalized spacial score (nSPS) is 15.3. The minimum atomic E-state index is 0.220. The second kappa shape index (κ2) is 6.49. The SMILES string of the molecule is CC(N(C)C(CC(N)=S)c1ccccc1)C(C)(C)C. The number of hydrogen-bond acceptors (Lipinski definition) is 2. The third-order valence-electron chi connectivity index (χ3n) is 3.93. The van der Waals surface area contributed by atoms with Gasteiger partial charge in [0, 0.05) is 18.5 Å². The first-order valence-corrected chi connectivity index (χ1v) is 7.19. The zero-order valence-electron chi connectivity index (χ0n) is 12.7. The zero-order valence-corrected chi connectivity index (χ0v) is 13.5. The quantitative estimate of drug-likeness (QED) is 0.831. The van der Waals surface area contributed by atoms with Crippen LogP contribution < -0.4 is 5.73 Å². The molecule has 0 amide bonds. The van der Waals surface area contributed by atoms with E-state index in [2.05, 4.69) is 63.9 Å². The molecular formula is C16H26N2S. The van der Waals surface area contributed by atoms with Gasteiger partial charge in [-0.1, -0.05) is 63.3 Å². The van der Waals surface area contributed by atoms with Crippen LogP contribution in [-0.4, -0.2) is 23.0 Å². The largest absolute Gasteiger partial charge is 0.393 e. The summed E-state index contributed by atoms with van der Waals surface area (Å²) in [6, 6.07) is 11.1. The Morgan fingerprint density at radius 2 is 1.79 bits per heavy atom. The third kappa shape index (κ3) is 4.59. The van der Waals surface area contributed by atoms with Crippen LogP contribution in [0.15, 0.2) is 30.3 Å². The Labute approximate surface area is 123 Å². The number of thiocarbonyl (C=S) groups is 1. The highest BCUT2D eigenvalue weighted by molar-refractivity contribution is 7.80. The molecule has 0 aromatic heterocycles. The van der Waals surface area contributed by atoms with Crippen molar-refractivity contribution in [2.75, 3.05) is 7.05 Å². The van der Waals surface area contributed by atoms with Gasteiger partial charge in [-0.2, -0.15) is 0 Å². The number of benzene rings is 1. The van der Waals surface area contributed by atoms with Crippen molar-refractivity contribution >= 4 is 17.2 Å². The minimum absolute atomic E-state index is 0.220. The van der Waals surface area contributed by atoms with E-state index in [1.807, 2.05) is 6.07 Å². The summed E-state index contributed by atoms with van der Waals surface area (Å²) in [5.74, 6) is 0. The number of nitrogens with two attached hydrogens (primary N) is 1. The van der Waals surface area contributed by atoms with Gasteiger partial charge in [-0.3, -0.25) is 4.90 Å². The fourth-order valence-electron chi connectivity index (χ4n) is 2.24. The molecule has 3 heteroatoms. The highest BCUT2D eigenvalue weighted by Crippen LogP contribution is 2.31. The maximum Gasteiger partial charge on any atom is 0.0746 e. The molecule has 0 aliphatic rings. The molecule has 0 aliphatic heterocycles. The van der Waals surface area contributed by atoms with Crippen LogP contribution in [0.2, 0.25) is 0 Å². The van der Waals surface area contributed by atoms with Crippen LogP contribution in [0.1, 0.15) is 45.7 Å². The van der Waals surface area contributed by atoms with Crippen molar-refractivity contribution in [1.29, 1.82) is 0 Å². The highest BCUT2D eigenvalue weighted by atomic mass is 32.1. The second-order valence-corrected chi connectivity index (χ2v) is 6.83. The van der Waals surface area contributed by atoms with Crippen molar-refractivity contribution < 1.29 is 0 Å². The molecule has 0 radical (unpaired) electrons. The summed E-state index contributed by atoms with van der Waals surface area (Å²) in [4.78, 5) is 2.95. The molecule has 2 unspecified atom stereocenters. The van der Waals surface area contributed by atoms with Gasteiger partial charge >= 0.3 is 0 Å². The van der Waals surface area contributed by atoms with Crippen molar-refractivity contribution in [3.8, 4) is 0 Å². The Balaban J connectivity index is 3.01. The van der Waals surface area contributed by atoms with E-state index >= 15 is 0 Å². The molecule has 1 rings (SSSR count). The van der Waals surface area contributed by atoms with Crippen molar-refractivity contribution in [3.05, 3.63) is 35.9 Å². The van der Waals surface area contributed by atoms with Crippen molar-refractivity contribution in [2.45, 2.75) is 46.2 Å². The standard InChI is InChI=1S/C16H26N2S/c1-12(16(2,3)4)18(5)14(11-15(17)19)13-9-7-6-8-10-13/h6-10,12,14H,11H2,1-5H3,(H2,17,19). The smallest absolute Gasteiger partial charge is 0.0746 e. The zero-order chi connectivity index (χ0) is 14.6. The van der Waals surface area contributed by atoms with E-state index in [-0.39, 0.29) is 11.5 Å². The molecule has 2 atom stereocenters. The topological polar surface area (TPSA) is 29.3 Å². The van der Waals surface area contributed by atoms with Gasteiger partial charge in [0.05, 0.1) is 4.99 Å². The van der Waals surface area contributed by atoms with E-state index in [9.17, 15) is 0 Å². The van der Waals surface area contributed by atoms with Crippen LogP contribution >= 0.6 is 12.2 Å². The lowest BCUT2D eigenvalue weighted by Gasteiger charge is -2.40. The first-order chi connectivity index (χ1) is 8.73. The van der Waals surface area contributed by atoms with Crippen molar-refractivity contribution in [3.63, 3.8) is 0 Å². The molecule has 106 valence electrons. The average molecular weight is 278 g/mol. The lowest BCUT2D eigenvalue weighted by Crippen LogP contribution is -2.42. The summed E-state index contributed by atoms with van der Waals surface area (Å²) >= 11 is 5.12. The van der Waals surface area contributed by atoms with Crippen LogP contribution in [0.4, 0.5) is 0 Å². The molecule has 1 aromatic rings. The van der Waals surface area contributed by atoms with E-state index < -0.39 is 0 Å². The fraction of sp³-hybridized carbons (Fsp3) is 0.562. The Morgan fingerprint density at radius 3 is 2.21 bits per heavy atom. The molecule has 0 saturated heterocycles. The molecule has 19 heavy (non-hydrogen) atoms. The molecule has 0 spiro atoms. The molecule has 2 nitrogen and oxygen atoms in total. The second-order valence-electron chi connectivity index (χ2n) is 6.30. The summed E-state index contributed by atoms with van der Waals surface area (Å²) in [7, 11) is 2.16. The van der Waals surface area contributed by atoms with Crippen LogP contribution in [0.3, 0.4) is 0 Å². The van der Waals surface area contributed by atoms with Gasteiger partial charge < -0.3 is 5.73 Å². The van der Waals surface area contributed by atoms with E-state index in [4.69, 9.17) is 18.0 Å². The summed E-state index contributed by atoms with van der Waals surface area (Å²) in [5.41, 5.74) is 7.27. The van der Waals surface area contributed by atoms with Gasteiger partial charge in [0.2, 0.25) is 0 Å². The Kier molecular flexibility index (Phi) is 5.50. The highest BCUT2D eigenvalue weighted by Gasteiger charge is 2.29. The van der Waals surface area contributed by atoms with E-state index in [1.54, 1.807) is 0 Å². The maximum atomic E-state index is 5.78. The van der Waals surface area contributed by atoms with E-state index in [1.165, 1.54) is 5.56 Å². The van der Waals surface area contributed by atoms with Gasteiger partial charge in [0.25, 0.3) is 0 Å². The average Bonchev–Trinajstić information content (AvgIpc) is 2.34. The van der Waals surface area contributed by atoms with E-state index in [0.717, 1.165) is 6.42 Å². The third-order valence-corrected chi connectivity index (χ3v) is 4.10. The monoisotopic (exact) mass is 278 g/mol. The molecule has 0 fully saturated rings. The maximum absolute atomic E-state index is 5.78. The fourth-order valence-corrected chi connectivity index (χ4v) is 2.40. The lowest BCUT2D eigenvalue weighted by molar-refractivity contribution is 0.0997. The van der Waals surface area contributed by atoms with Gasteiger partial charge in [-0.05, 0) is 24.9 Å². The molecule has 2 N–H and O–H groups in total. The molecular weight excluding hydrogens is 252 g/mol. The predicted molar refractivity (Wildman–Crippen MR) is 87.3 cm³/mol. The summed E-state index contributed by atoms with van der Waals surface area (Å²) in [5, 5.41) is 0. The van der Waals surface area contributed by atoms with Crippen LogP contribution in [0.25, 0.3) is 0 Å². The predicted octanol–water partition coefficient (Wildman–Crippen LogP) is 3.77. The van der Waals surface area contributed by atoms with Gasteiger partial charge in [-0.25, -0.2) is 0 Å². The summed E-state index contributed by atoms with van der Waals surface area (Å²) < 4.78 is 0. The first-order valence-electron chi connectivity index (χ1n) is 6.78.